The molecule has 0 saturated carbocycles. The second-order valence-corrected chi connectivity index (χ2v) is 9.74. The van der Waals surface area contributed by atoms with Gasteiger partial charge in [0.2, 0.25) is 11.1 Å². The first-order chi connectivity index (χ1) is 16.9. The predicted molar refractivity (Wildman–Crippen MR) is 137 cm³/mol. The predicted octanol–water partition coefficient (Wildman–Crippen LogP) is 7.21. The molecule has 5 rings (SSSR count). The zero-order valence-corrected chi connectivity index (χ0v) is 20.9. The summed E-state index contributed by atoms with van der Waals surface area (Å²) in [5.41, 5.74) is 1.32. The molecule has 174 valence electrons. The molecule has 0 spiro atoms. The largest absolute Gasteiger partial charge is 0.436 e. The molecule has 10 heteroatoms. The number of aromatic nitrogens is 2. The molecular weight excluding hydrogens is 557 g/mol. The van der Waals surface area contributed by atoms with Crippen LogP contribution >= 0.6 is 39.3 Å². The van der Waals surface area contributed by atoms with Crippen LogP contribution < -0.4 is 4.74 Å². The highest BCUT2D eigenvalue weighted by Crippen LogP contribution is 2.39. The Morgan fingerprint density at radius 2 is 1.94 bits per heavy atom. The first-order valence-electron chi connectivity index (χ1n) is 10.3. The third-order valence-corrected chi connectivity index (χ3v) is 6.78. The number of nitrogens with zero attached hydrogens (tertiary/aromatic N) is 3. The van der Waals surface area contributed by atoms with Crippen molar-refractivity contribution in [3.63, 3.8) is 0 Å². The number of hydrogen-bond donors (Lipinski definition) is 0. The fourth-order valence-corrected chi connectivity index (χ4v) is 5.00. The van der Waals surface area contributed by atoms with Gasteiger partial charge in [-0.15, -0.1) is 0 Å². The van der Waals surface area contributed by atoms with E-state index in [1.54, 1.807) is 12.1 Å². The number of rotatable bonds is 5. The minimum atomic E-state index is -0.789. The Bertz CT molecular complexity index is 1530. The van der Waals surface area contributed by atoms with Crippen LogP contribution in [0.3, 0.4) is 0 Å². The molecule has 0 atom stereocenters. The summed E-state index contributed by atoms with van der Waals surface area (Å²) in [6.45, 7) is 0.144. The van der Waals surface area contributed by atoms with Crippen LogP contribution in [0.2, 0.25) is 5.28 Å². The van der Waals surface area contributed by atoms with Crippen molar-refractivity contribution in [2.24, 2.45) is 0 Å². The number of benzene rings is 3. The van der Waals surface area contributed by atoms with E-state index in [2.05, 4.69) is 25.9 Å². The van der Waals surface area contributed by atoms with Crippen molar-refractivity contribution in [2.75, 3.05) is 0 Å². The molecule has 2 amide bonds. The second kappa shape index (κ2) is 9.77. The topological polar surface area (TPSA) is 72.4 Å². The van der Waals surface area contributed by atoms with Gasteiger partial charge in [0.15, 0.2) is 0 Å². The third-order valence-electron chi connectivity index (χ3n) is 5.20. The standard InChI is InChI=1S/C25H14BrClFN3O3S/c26-16-6-3-4-14(10-16)13-31-23(32)21(35-25(31)33)11-18-17-7-2-1-5-15(17)8-9-20(18)34-22-19(28)12-29-24(27)30-22/h1-12H,13H2/b21-11+. The summed E-state index contributed by atoms with van der Waals surface area (Å²) >= 11 is 10.1. The van der Waals surface area contributed by atoms with Crippen molar-refractivity contribution >= 4 is 67.3 Å². The van der Waals surface area contributed by atoms with Gasteiger partial charge >= 0.3 is 0 Å². The maximum absolute atomic E-state index is 14.3. The van der Waals surface area contributed by atoms with Gasteiger partial charge in [-0.25, -0.2) is 4.98 Å². The lowest BCUT2D eigenvalue weighted by atomic mass is 10.0. The average Bonchev–Trinajstić information content (AvgIpc) is 3.10. The summed E-state index contributed by atoms with van der Waals surface area (Å²) in [6.07, 6.45) is 2.50. The number of carbonyl (C=O) groups is 2. The lowest BCUT2D eigenvalue weighted by Crippen LogP contribution is -2.27. The van der Waals surface area contributed by atoms with E-state index >= 15 is 0 Å². The highest BCUT2D eigenvalue weighted by atomic mass is 79.9. The van der Waals surface area contributed by atoms with E-state index in [4.69, 9.17) is 16.3 Å². The number of amides is 2. The van der Waals surface area contributed by atoms with Gasteiger partial charge in [0.25, 0.3) is 17.0 Å². The summed E-state index contributed by atoms with van der Waals surface area (Å²) in [5, 5.41) is 1.08. The molecular formula is C25H14BrClFN3O3S. The van der Waals surface area contributed by atoms with Crippen molar-refractivity contribution in [1.29, 1.82) is 0 Å². The number of imide groups is 1. The van der Waals surface area contributed by atoms with Crippen molar-refractivity contribution in [2.45, 2.75) is 6.54 Å². The van der Waals surface area contributed by atoms with Gasteiger partial charge in [0.1, 0.15) is 5.75 Å². The van der Waals surface area contributed by atoms with Crippen molar-refractivity contribution < 1.29 is 18.7 Å². The molecule has 0 radical (unpaired) electrons. The van der Waals surface area contributed by atoms with Gasteiger partial charge in [-0.2, -0.15) is 9.37 Å². The number of fused-ring (bicyclic) bond motifs is 1. The highest BCUT2D eigenvalue weighted by molar-refractivity contribution is 9.10. The molecule has 2 heterocycles. The summed E-state index contributed by atoms with van der Waals surface area (Å²) in [6, 6.07) is 18.3. The van der Waals surface area contributed by atoms with E-state index < -0.39 is 11.7 Å². The van der Waals surface area contributed by atoms with E-state index in [0.717, 1.165) is 38.8 Å². The van der Waals surface area contributed by atoms with Crippen molar-refractivity contribution in [1.82, 2.24) is 14.9 Å². The molecule has 1 saturated heterocycles. The molecule has 6 nitrogen and oxygen atoms in total. The molecule has 3 aromatic carbocycles. The summed E-state index contributed by atoms with van der Waals surface area (Å²) in [7, 11) is 0. The van der Waals surface area contributed by atoms with Crippen LogP contribution in [-0.4, -0.2) is 26.0 Å². The first-order valence-corrected chi connectivity index (χ1v) is 12.3. The molecule has 0 unspecified atom stereocenters. The Hall–Kier alpha value is -3.27. The molecule has 4 aromatic rings. The Kier molecular flexibility index (Phi) is 6.55. The second-order valence-electron chi connectivity index (χ2n) is 7.49. The third kappa shape index (κ3) is 4.93. The van der Waals surface area contributed by atoms with Crippen LogP contribution in [0.4, 0.5) is 9.18 Å². The van der Waals surface area contributed by atoms with E-state index in [0.29, 0.717) is 5.56 Å². The lowest BCUT2D eigenvalue weighted by Gasteiger charge is -2.13. The molecule has 1 fully saturated rings. The van der Waals surface area contributed by atoms with Crippen LogP contribution in [-0.2, 0) is 11.3 Å². The number of ether oxygens (including phenoxy) is 1. The van der Waals surface area contributed by atoms with E-state index in [9.17, 15) is 14.0 Å². The van der Waals surface area contributed by atoms with Gasteiger partial charge in [-0.3, -0.25) is 14.5 Å². The number of carbonyl (C=O) groups excluding carboxylic acids is 2. The first kappa shape index (κ1) is 23.5. The number of thioether (sulfide) groups is 1. The highest BCUT2D eigenvalue weighted by Gasteiger charge is 2.35. The smallest absolute Gasteiger partial charge is 0.293 e. The summed E-state index contributed by atoms with van der Waals surface area (Å²) < 4.78 is 20.9. The van der Waals surface area contributed by atoms with E-state index in [1.165, 1.54) is 4.90 Å². The normalized spacial score (nSPS) is 14.8. The van der Waals surface area contributed by atoms with E-state index in [-0.39, 0.29) is 33.6 Å². The number of hydrogen-bond acceptors (Lipinski definition) is 6. The summed E-state index contributed by atoms with van der Waals surface area (Å²) in [5.74, 6) is -1.31. The van der Waals surface area contributed by atoms with Gasteiger partial charge < -0.3 is 4.74 Å². The van der Waals surface area contributed by atoms with Crippen molar-refractivity contribution in [3.8, 4) is 11.6 Å². The molecule has 1 aliphatic rings. The number of halogens is 3. The molecule has 0 N–H and O–H groups in total. The zero-order valence-electron chi connectivity index (χ0n) is 17.7. The maximum atomic E-state index is 14.3. The van der Waals surface area contributed by atoms with Crippen LogP contribution in [0.25, 0.3) is 16.8 Å². The van der Waals surface area contributed by atoms with Crippen LogP contribution in [0.5, 0.6) is 11.6 Å². The monoisotopic (exact) mass is 569 g/mol. The lowest BCUT2D eigenvalue weighted by molar-refractivity contribution is -0.123. The Balaban J connectivity index is 1.55. The minimum Gasteiger partial charge on any atom is -0.436 e. The van der Waals surface area contributed by atoms with Crippen LogP contribution in [0, 0.1) is 5.82 Å². The zero-order chi connectivity index (χ0) is 24.5. The molecule has 0 aliphatic carbocycles. The van der Waals surface area contributed by atoms with Gasteiger partial charge in [0.05, 0.1) is 17.6 Å². The molecule has 1 aliphatic heterocycles. The van der Waals surface area contributed by atoms with Gasteiger partial charge in [-0.05, 0) is 64.0 Å². The Morgan fingerprint density at radius 1 is 1.11 bits per heavy atom. The Labute approximate surface area is 216 Å². The van der Waals surface area contributed by atoms with Crippen LogP contribution in [0.1, 0.15) is 11.1 Å². The van der Waals surface area contributed by atoms with Crippen molar-refractivity contribution in [3.05, 3.63) is 98.5 Å². The quantitative estimate of drug-likeness (QED) is 0.186. The fraction of sp³-hybridized carbons (Fsp3) is 0.0400. The maximum Gasteiger partial charge on any atom is 0.293 e. The van der Waals surface area contributed by atoms with Gasteiger partial charge in [-0.1, -0.05) is 58.4 Å². The molecule has 0 bridgehead atoms. The summed E-state index contributed by atoms with van der Waals surface area (Å²) in [4.78, 5) is 34.7. The minimum absolute atomic E-state index is 0.144. The Morgan fingerprint density at radius 3 is 2.77 bits per heavy atom. The fourth-order valence-electron chi connectivity index (χ4n) is 3.61. The molecule has 1 aromatic heterocycles. The van der Waals surface area contributed by atoms with Gasteiger partial charge in [0, 0.05) is 10.0 Å². The van der Waals surface area contributed by atoms with E-state index in [1.807, 2.05) is 54.6 Å². The van der Waals surface area contributed by atoms with Crippen LogP contribution in [0.15, 0.2) is 76.2 Å². The average molecular weight is 571 g/mol. The molecule has 35 heavy (non-hydrogen) atoms. The SMILES string of the molecule is O=C1S/C(=C/c2c(Oc3nc(Cl)ncc3F)ccc3ccccc23)C(=O)N1Cc1cccc(Br)c1.